The van der Waals surface area contributed by atoms with Crippen molar-refractivity contribution in [2.45, 2.75) is 20.1 Å². The summed E-state index contributed by atoms with van der Waals surface area (Å²) in [6.45, 7) is 2.64. The molecule has 0 spiro atoms. The first-order valence-electron chi connectivity index (χ1n) is 5.93. The smallest absolute Gasteiger partial charge is 0.216 e. The van der Waals surface area contributed by atoms with E-state index in [0.29, 0.717) is 18.2 Å². The third-order valence-corrected chi connectivity index (χ3v) is 2.62. The molecule has 19 heavy (non-hydrogen) atoms. The van der Waals surface area contributed by atoms with Crippen LogP contribution in [0.5, 0.6) is 5.88 Å². The first kappa shape index (κ1) is 12.9. The highest BCUT2D eigenvalue weighted by molar-refractivity contribution is 5.27. The Morgan fingerprint density at radius 2 is 2.00 bits per heavy atom. The van der Waals surface area contributed by atoms with Crippen LogP contribution < -0.4 is 4.74 Å². The van der Waals surface area contributed by atoms with Gasteiger partial charge in [0.2, 0.25) is 5.88 Å². The number of ether oxygens (including phenoxy) is 1. The van der Waals surface area contributed by atoms with Crippen molar-refractivity contribution in [2.75, 3.05) is 0 Å². The fraction of sp³-hybridized carbons (Fsp3) is 0.214. The zero-order chi connectivity index (χ0) is 13.5. The van der Waals surface area contributed by atoms with Crippen LogP contribution in [0.4, 0.5) is 0 Å². The predicted molar refractivity (Wildman–Crippen MR) is 72.6 cm³/mol. The monoisotopic (exact) mass is 254 g/mol. The molecule has 1 aromatic carbocycles. The Bertz CT molecular complexity index is 592. The van der Waals surface area contributed by atoms with Gasteiger partial charge in [0.15, 0.2) is 0 Å². The molecule has 0 amide bonds. The number of hydrogen-bond donors (Lipinski definition) is 0. The highest BCUT2D eigenvalue weighted by Crippen LogP contribution is 2.17. The summed E-state index contributed by atoms with van der Waals surface area (Å²) in [5.74, 6) is 0.578. The van der Waals surface area contributed by atoms with E-state index in [1.54, 1.807) is 0 Å². The van der Waals surface area contributed by atoms with Gasteiger partial charge in [0.05, 0.1) is 12.2 Å². The van der Waals surface area contributed by atoms with Gasteiger partial charge in [-0.15, -0.1) is 0 Å². The summed E-state index contributed by atoms with van der Waals surface area (Å²) in [6.07, 6.45) is 0. The quantitative estimate of drug-likeness (QED) is 0.462. The second-order valence-corrected chi connectivity index (χ2v) is 4.09. The maximum absolute atomic E-state index is 8.30. The molecule has 0 fully saturated rings. The molecular weight excluding hydrogens is 240 g/mol. The highest BCUT2D eigenvalue weighted by Gasteiger charge is 2.03. The Balaban J connectivity index is 2.08. The van der Waals surface area contributed by atoms with Crippen molar-refractivity contribution in [1.82, 2.24) is 4.98 Å². The number of nitrogens with zero attached hydrogens (tertiary/aromatic N) is 4. The van der Waals surface area contributed by atoms with E-state index in [2.05, 4.69) is 15.0 Å². The second-order valence-electron chi connectivity index (χ2n) is 4.09. The van der Waals surface area contributed by atoms with Crippen LogP contribution in [0, 0.1) is 6.92 Å². The van der Waals surface area contributed by atoms with Gasteiger partial charge in [0.1, 0.15) is 6.61 Å². The summed E-state index contributed by atoms with van der Waals surface area (Å²) < 4.78 is 5.70. The van der Waals surface area contributed by atoms with Crippen LogP contribution in [0.2, 0.25) is 0 Å². The minimum atomic E-state index is 0.235. The fourth-order valence-electron chi connectivity index (χ4n) is 1.61. The van der Waals surface area contributed by atoms with Crippen LogP contribution in [0.25, 0.3) is 10.4 Å². The van der Waals surface area contributed by atoms with Gasteiger partial charge in [0.25, 0.3) is 0 Å². The Morgan fingerprint density at radius 3 is 2.74 bits per heavy atom. The predicted octanol–water partition coefficient (Wildman–Crippen LogP) is 3.78. The van der Waals surface area contributed by atoms with Crippen LogP contribution in [0.1, 0.15) is 16.8 Å². The first-order chi connectivity index (χ1) is 9.29. The Labute approximate surface area is 111 Å². The lowest BCUT2D eigenvalue weighted by molar-refractivity contribution is 0.291. The molecule has 0 radical (unpaired) electrons. The molecule has 1 aromatic heterocycles. The van der Waals surface area contributed by atoms with Gasteiger partial charge in [-0.05, 0) is 24.1 Å². The molecule has 0 saturated heterocycles. The number of pyridine rings is 1. The zero-order valence-electron chi connectivity index (χ0n) is 10.7. The van der Waals surface area contributed by atoms with E-state index in [0.717, 1.165) is 11.1 Å². The van der Waals surface area contributed by atoms with Gasteiger partial charge in [-0.1, -0.05) is 41.5 Å². The van der Waals surface area contributed by atoms with Crippen molar-refractivity contribution in [3.8, 4) is 5.88 Å². The summed E-state index contributed by atoms with van der Waals surface area (Å²) in [4.78, 5) is 7.06. The van der Waals surface area contributed by atoms with Crippen LogP contribution in [0.15, 0.2) is 47.6 Å². The van der Waals surface area contributed by atoms with E-state index in [1.165, 1.54) is 0 Å². The molecule has 0 bridgehead atoms. The molecule has 5 heteroatoms. The Morgan fingerprint density at radius 1 is 1.21 bits per heavy atom. The van der Waals surface area contributed by atoms with Crippen molar-refractivity contribution in [2.24, 2.45) is 5.11 Å². The summed E-state index contributed by atoms with van der Waals surface area (Å²) in [5.41, 5.74) is 11.0. The average molecular weight is 254 g/mol. The van der Waals surface area contributed by atoms with E-state index in [-0.39, 0.29) is 6.54 Å². The van der Waals surface area contributed by atoms with Crippen LogP contribution >= 0.6 is 0 Å². The molecule has 0 unspecified atom stereocenters. The maximum Gasteiger partial charge on any atom is 0.216 e. The van der Waals surface area contributed by atoms with Gasteiger partial charge in [0, 0.05) is 10.5 Å². The number of aromatic nitrogens is 1. The zero-order valence-corrected chi connectivity index (χ0v) is 10.7. The summed E-state index contributed by atoms with van der Waals surface area (Å²) in [6, 6.07) is 13.6. The van der Waals surface area contributed by atoms with Gasteiger partial charge in [-0.25, -0.2) is 4.98 Å². The average Bonchev–Trinajstić information content (AvgIpc) is 2.46. The normalized spacial score (nSPS) is 9.74. The molecule has 0 atom stereocenters. The third-order valence-electron chi connectivity index (χ3n) is 2.62. The topological polar surface area (TPSA) is 70.9 Å². The third kappa shape index (κ3) is 3.72. The van der Waals surface area contributed by atoms with E-state index >= 15 is 0 Å². The van der Waals surface area contributed by atoms with Gasteiger partial charge < -0.3 is 4.74 Å². The Kier molecular flexibility index (Phi) is 4.37. The number of aryl methyl sites for hydroxylation is 1. The standard InChI is InChI=1S/C14H14N4O/c1-11-7-8-13(9-16-18-15)17-14(11)19-10-12-5-3-2-4-6-12/h2-8H,9-10H2,1H3. The maximum atomic E-state index is 8.30. The minimum absolute atomic E-state index is 0.235. The van der Waals surface area contributed by atoms with Gasteiger partial charge in [-0.3, -0.25) is 0 Å². The molecule has 0 aliphatic carbocycles. The van der Waals surface area contributed by atoms with Gasteiger partial charge >= 0.3 is 0 Å². The molecule has 0 aliphatic rings. The van der Waals surface area contributed by atoms with E-state index in [4.69, 9.17) is 10.3 Å². The van der Waals surface area contributed by atoms with Crippen molar-refractivity contribution in [3.05, 3.63) is 69.7 Å². The summed E-state index contributed by atoms with van der Waals surface area (Å²) >= 11 is 0. The van der Waals surface area contributed by atoms with Crippen molar-refractivity contribution < 1.29 is 4.74 Å². The molecule has 1 heterocycles. The molecular formula is C14H14N4O. The second kappa shape index (κ2) is 6.42. The molecule has 0 aliphatic heterocycles. The molecule has 96 valence electrons. The molecule has 0 saturated carbocycles. The Hall–Kier alpha value is -2.52. The molecule has 5 nitrogen and oxygen atoms in total. The highest BCUT2D eigenvalue weighted by atomic mass is 16.5. The van der Waals surface area contributed by atoms with Crippen molar-refractivity contribution in [3.63, 3.8) is 0 Å². The van der Waals surface area contributed by atoms with E-state index < -0.39 is 0 Å². The van der Waals surface area contributed by atoms with Crippen LogP contribution in [0.3, 0.4) is 0 Å². The summed E-state index contributed by atoms with van der Waals surface area (Å²) in [5, 5.41) is 3.49. The molecule has 2 aromatic rings. The molecule has 0 N–H and O–H groups in total. The minimum Gasteiger partial charge on any atom is -0.473 e. The van der Waals surface area contributed by atoms with E-state index in [9.17, 15) is 0 Å². The number of hydrogen-bond acceptors (Lipinski definition) is 3. The largest absolute Gasteiger partial charge is 0.473 e. The number of benzene rings is 1. The summed E-state index contributed by atoms with van der Waals surface area (Å²) in [7, 11) is 0. The van der Waals surface area contributed by atoms with Crippen LogP contribution in [-0.4, -0.2) is 4.98 Å². The molecule has 2 rings (SSSR count). The first-order valence-corrected chi connectivity index (χ1v) is 5.93. The van der Waals surface area contributed by atoms with Crippen molar-refractivity contribution in [1.29, 1.82) is 0 Å². The van der Waals surface area contributed by atoms with Crippen LogP contribution in [-0.2, 0) is 13.2 Å². The fourth-order valence-corrected chi connectivity index (χ4v) is 1.61. The number of rotatable bonds is 5. The lowest BCUT2D eigenvalue weighted by atomic mass is 10.2. The van der Waals surface area contributed by atoms with E-state index in [1.807, 2.05) is 49.4 Å². The lowest BCUT2D eigenvalue weighted by Gasteiger charge is -2.09. The van der Waals surface area contributed by atoms with Gasteiger partial charge in [-0.2, -0.15) is 0 Å². The SMILES string of the molecule is Cc1ccc(CN=[N+]=[N-])nc1OCc1ccccc1. The van der Waals surface area contributed by atoms with Crippen molar-refractivity contribution >= 4 is 0 Å². The lowest BCUT2D eigenvalue weighted by Crippen LogP contribution is -2.00. The number of azide groups is 1.